The highest BCUT2D eigenvalue weighted by atomic mass is 16.3. The molecule has 0 aromatic carbocycles. The van der Waals surface area contributed by atoms with Gasteiger partial charge in [0.05, 0.1) is 0 Å². The second kappa shape index (κ2) is 2.80. The molecule has 0 saturated heterocycles. The van der Waals surface area contributed by atoms with E-state index in [1.165, 1.54) is 0 Å². The van der Waals surface area contributed by atoms with Crippen LogP contribution in [0.3, 0.4) is 0 Å². The zero-order valence-electron chi connectivity index (χ0n) is 8.13. The van der Waals surface area contributed by atoms with Crippen molar-refractivity contribution in [3.63, 3.8) is 0 Å². The van der Waals surface area contributed by atoms with Gasteiger partial charge in [-0.15, -0.1) is 0 Å². The third-order valence-corrected chi connectivity index (χ3v) is 2.60. The summed E-state index contributed by atoms with van der Waals surface area (Å²) in [4.78, 5) is 10.6. The Bertz CT molecular complexity index is 191. The van der Waals surface area contributed by atoms with Crippen molar-refractivity contribution < 1.29 is 0 Å². The minimum Gasteiger partial charge on any atom is -0.328 e. The van der Waals surface area contributed by atoms with Crippen molar-refractivity contribution in [2.75, 3.05) is 0 Å². The fourth-order valence-electron chi connectivity index (χ4n) is 2.59. The molecule has 0 heterocycles. The molecule has 70 valence electrons. The van der Waals surface area contributed by atoms with Crippen LogP contribution in [-0.4, -0.2) is 11.6 Å². The van der Waals surface area contributed by atoms with E-state index in [1.807, 2.05) is 6.92 Å². The fourth-order valence-corrected chi connectivity index (χ4v) is 2.59. The van der Waals surface area contributed by atoms with Gasteiger partial charge in [-0.2, -0.15) is 4.91 Å². The van der Waals surface area contributed by atoms with Crippen LogP contribution < -0.4 is 5.73 Å². The molecule has 3 nitrogen and oxygen atoms in total. The van der Waals surface area contributed by atoms with E-state index in [4.69, 9.17) is 5.73 Å². The lowest BCUT2D eigenvalue weighted by Gasteiger charge is -2.41. The minimum absolute atomic E-state index is 0.136. The predicted molar refractivity (Wildman–Crippen MR) is 49.8 cm³/mol. The van der Waals surface area contributed by atoms with Gasteiger partial charge >= 0.3 is 0 Å². The van der Waals surface area contributed by atoms with Gasteiger partial charge in [-0.1, -0.05) is 19.0 Å². The summed E-state index contributed by atoms with van der Waals surface area (Å²) in [6, 6.07) is 0.136. The summed E-state index contributed by atoms with van der Waals surface area (Å²) in [7, 11) is 0. The Kier molecular flexibility index (Phi) is 2.25. The zero-order valence-corrected chi connectivity index (χ0v) is 8.13. The zero-order chi connectivity index (χ0) is 9.41. The summed E-state index contributed by atoms with van der Waals surface area (Å²) in [5.41, 5.74) is 5.60. The first-order chi connectivity index (χ1) is 5.37. The van der Waals surface area contributed by atoms with Gasteiger partial charge in [-0.25, -0.2) is 0 Å². The molecule has 0 spiro atoms. The molecule has 12 heavy (non-hydrogen) atoms. The molecular weight excluding hydrogens is 152 g/mol. The van der Waals surface area contributed by atoms with Crippen LogP contribution in [0.15, 0.2) is 5.18 Å². The summed E-state index contributed by atoms with van der Waals surface area (Å²) in [6.07, 6.45) is 2.59. The molecule has 1 aliphatic rings. The van der Waals surface area contributed by atoms with Crippen molar-refractivity contribution in [3.05, 3.63) is 4.91 Å². The Morgan fingerprint density at radius 3 is 2.33 bits per heavy atom. The molecule has 3 heteroatoms. The lowest BCUT2D eigenvalue weighted by atomic mass is 9.67. The number of nitrogens with two attached hydrogens (primary N) is 1. The summed E-state index contributed by atoms with van der Waals surface area (Å²) in [6.45, 7) is 6.20. The van der Waals surface area contributed by atoms with Crippen LogP contribution in [0.2, 0.25) is 0 Å². The first kappa shape index (κ1) is 9.65. The second-order valence-corrected chi connectivity index (χ2v) is 5.10. The van der Waals surface area contributed by atoms with E-state index < -0.39 is 5.54 Å². The Labute approximate surface area is 73.7 Å². The van der Waals surface area contributed by atoms with E-state index in [0.29, 0.717) is 0 Å². The van der Waals surface area contributed by atoms with E-state index >= 15 is 0 Å². The van der Waals surface area contributed by atoms with Crippen molar-refractivity contribution in [3.8, 4) is 0 Å². The van der Waals surface area contributed by atoms with E-state index in [0.717, 1.165) is 19.3 Å². The van der Waals surface area contributed by atoms with Crippen molar-refractivity contribution in [2.24, 2.45) is 16.3 Å². The molecule has 2 atom stereocenters. The maximum atomic E-state index is 10.6. The number of hydrogen-bond donors (Lipinski definition) is 1. The predicted octanol–water partition coefficient (Wildman–Crippen LogP) is 2.05. The molecule has 1 fully saturated rings. The molecule has 2 N–H and O–H groups in total. The molecule has 0 aromatic heterocycles. The quantitative estimate of drug-likeness (QED) is 0.612. The van der Waals surface area contributed by atoms with Crippen molar-refractivity contribution >= 4 is 0 Å². The topological polar surface area (TPSA) is 55.4 Å². The van der Waals surface area contributed by atoms with E-state index in [-0.39, 0.29) is 11.5 Å². The van der Waals surface area contributed by atoms with Crippen LogP contribution in [0.4, 0.5) is 0 Å². The number of nitrogens with zero attached hydrogens (tertiary/aromatic N) is 1. The van der Waals surface area contributed by atoms with Gasteiger partial charge in [-0.05, 0) is 31.6 Å². The largest absolute Gasteiger partial charge is 0.328 e. The smallest absolute Gasteiger partial charge is 0.102 e. The van der Waals surface area contributed by atoms with Crippen LogP contribution in [-0.2, 0) is 0 Å². The van der Waals surface area contributed by atoms with Gasteiger partial charge in [0.2, 0.25) is 0 Å². The summed E-state index contributed by atoms with van der Waals surface area (Å²) < 4.78 is 0. The summed E-state index contributed by atoms with van der Waals surface area (Å²) in [5, 5.41) is 3.20. The molecule has 1 aliphatic carbocycles. The van der Waals surface area contributed by atoms with Crippen LogP contribution in [0.25, 0.3) is 0 Å². The molecule has 0 bridgehead atoms. The van der Waals surface area contributed by atoms with Crippen molar-refractivity contribution in [1.29, 1.82) is 0 Å². The highest BCUT2D eigenvalue weighted by Crippen LogP contribution is 2.42. The number of hydrogen-bond acceptors (Lipinski definition) is 3. The Morgan fingerprint density at radius 1 is 1.33 bits per heavy atom. The molecule has 0 aliphatic heterocycles. The van der Waals surface area contributed by atoms with Gasteiger partial charge in [0, 0.05) is 6.04 Å². The number of rotatable bonds is 1. The van der Waals surface area contributed by atoms with Gasteiger partial charge in [-0.3, -0.25) is 0 Å². The Hall–Kier alpha value is -0.440. The average molecular weight is 170 g/mol. The van der Waals surface area contributed by atoms with Crippen LogP contribution in [0.5, 0.6) is 0 Å². The molecule has 0 amide bonds. The maximum Gasteiger partial charge on any atom is 0.102 e. The molecule has 0 aromatic rings. The van der Waals surface area contributed by atoms with Gasteiger partial charge in [0.25, 0.3) is 0 Å². The van der Waals surface area contributed by atoms with Crippen LogP contribution >= 0.6 is 0 Å². The third-order valence-electron chi connectivity index (χ3n) is 2.60. The molecule has 1 rings (SSSR count). The molecule has 1 saturated carbocycles. The minimum atomic E-state index is -0.429. The lowest BCUT2D eigenvalue weighted by molar-refractivity contribution is 0.145. The van der Waals surface area contributed by atoms with Gasteiger partial charge < -0.3 is 5.73 Å². The van der Waals surface area contributed by atoms with Crippen LogP contribution in [0, 0.1) is 10.3 Å². The third kappa shape index (κ3) is 2.03. The average Bonchev–Trinajstić information content (AvgIpc) is 1.82. The monoisotopic (exact) mass is 170 g/mol. The summed E-state index contributed by atoms with van der Waals surface area (Å²) in [5.74, 6) is 0. The maximum absolute atomic E-state index is 10.6. The van der Waals surface area contributed by atoms with Crippen molar-refractivity contribution in [2.45, 2.75) is 51.6 Å². The van der Waals surface area contributed by atoms with Crippen molar-refractivity contribution in [1.82, 2.24) is 0 Å². The van der Waals surface area contributed by atoms with E-state index in [1.54, 1.807) is 0 Å². The Balaban J connectivity index is 2.76. The molecule has 2 unspecified atom stereocenters. The molecular formula is C9H18N2O. The lowest BCUT2D eigenvalue weighted by Crippen LogP contribution is -2.44. The number of nitroso groups, excluding NO2 is 1. The van der Waals surface area contributed by atoms with E-state index in [9.17, 15) is 4.91 Å². The summed E-state index contributed by atoms with van der Waals surface area (Å²) >= 11 is 0. The normalized spacial score (nSPS) is 40.8. The Morgan fingerprint density at radius 2 is 1.92 bits per heavy atom. The standard InChI is InChI=1S/C9H18N2O/c1-8(2)4-7(10)5-9(3,6-8)11-12/h7H,4-6,10H2,1-3H3. The van der Waals surface area contributed by atoms with E-state index in [2.05, 4.69) is 19.0 Å². The first-order valence-corrected chi connectivity index (χ1v) is 4.47. The first-order valence-electron chi connectivity index (χ1n) is 4.47. The fraction of sp³-hybridized carbons (Fsp3) is 1.00. The van der Waals surface area contributed by atoms with Gasteiger partial charge in [0.15, 0.2) is 0 Å². The SMILES string of the molecule is CC1(C)CC(N)CC(C)(N=O)C1. The highest BCUT2D eigenvalue weighted by Gasteiger charge is 2.41. The molecule has 0 radical (unpaired) electrons. The highest BCUT2D eigenvalue weighted by molar-refractivity contribution is 4.98. The second-order valence-electron chi connectivity index (χ2n) is 5.10. The van der Waals surface area contributed by atoms with Crippen LogP contribution in [0.1, 0.15) is 40.0 Å². The van der Waals surface area contributed by atoms with Gasteiger partial charge in [0.1, 0.15) is 5.54 Å².